The third-order valence-electron chi connectivity index (χ3n) is 21.1. The Kier molecular flexibility index (Phi) is 28.8. The van der Waals surface area contributed by atoms with Gasteiger partial charge < -0.3 is 65.5 Å². The van der Waals surface area contributed by atoms with E-state index in [4.69, 9.17) is 19.3 Å². The molecule has 5 aliphatic carbocycles. The molecular formula is C71H109FN6O17S4. The number of carbonyl (C=O) groups excluding carboxylic acids is 3. The van der Waals surface area contributed by atoms with Gasteiger partial charge in [-0.15, -0.1) is 15.7 Å². The summed E-state index contributed by atoms with van der Waals surface area (Å²) >= 11 is 1.87. The van der Waals surface area contributed by atoms with Gasteiger partial charge in [-0.2, -0.15) is 4.37 Å². The van der Waals surface area contributed by atoms with Crippen molar-refractivity contribution in [2.45, 2.75) is 232 Å². The predicted octanol–water partition coefficient (Wildman–Crippen LogP) is 7.20. The number of fused-ring (bicyclic) bond motifs is 6. The minimum atomic E-state index is -3.88. The smallest absolute Gasteiger partial charge is 0.306 e. The van der Waals surface area contributed by atoms with Crippen LogP contribution in [0.1, 0.15) is 170 Å². The molecule has 10 rings (SSSR count). The van der Waals surface area contributed by atoms with E-state index in [-0.39, 0.29) is 68.6 Å². The summed E-state index contributed by atoms with van der Waals surface area (Å²) in [6.07, 6.45) is 12.9. The lowest BCUT2D eigenvalue weighted by molar-refractivity contribution is -0.219. The molecule has 2 aromatic heterocycles. The van der Waals surface area contributed by atoms with Gasteiger partial charge in [-0.3, -0.25) is 14.4 Å². The normalized spacial score (nSPS) is 31.4. The number of hydrogen-bond donors (Lipinski definition) is 10. The zero-order chi connectivity index (χ0) is 73.1. The molecular weight excluding hydrogens is 1360 g/mol. The number of ether oxygens (including phenoxy) is 3. The van der Waals surface area contributed by atoms with E-state index in [1.54, 1.807) is 33.8 Å². The molecule has 23 nitrogen and oxygen atoms in total. The van der Waals surface area contributed by atoms with Crippen LogP contribution in [0.3, 0.4) is 0 Å². The van der Waals surface area contributed by atoms with Crippen molar-refractivity contribution in [1.82, 2.24) is 19.4 Å². The van der Waals surface area contributed by atoms with Crippen LogP contribution in [0.15, 0.2) is 80.8 Å². The molecule has 4 heterocycles. The minimum absolute atomic E-state index is 0.00652. The molecule has 5 fully saturated rings. The lowest BCUT2D eigenvalue weighted by Gasteiger charge is -2.62. The zero-order valence-corrected chi connectivity index (χ0v) is 62.3. The van der Waals surface area contributed by atoms with Crippen molar-refractivity contribution < 1.29 is 85.6 Å². The van der Waals surface area contributed by atoms with Crippen LogP contribution in [0.25, 0.3) is 0 Å². The van der Waals surface area contributed by atoms with Crippen LogP contribution < -0.4 is 25.4 Å². The summed E-state index contributed by atoms with van der Waals surface area (Å²) in [5, 5.41) is 84.1. The van der Waals surface area contributed by atoms with Crippen LogP contribution >= 0.6 is 23.1 Å². The van der Waals surface area contributed by atoms with Crippen LogP contribution in [0.2, 0.25) is 0 Å². The summed E-state index contributed by atoms with van der Waals surface area (Å²) in [6.45, 7) is 22.2. The highest BCUT2D eigenvalue weighted by atomic mass is 32.3. The molecule has 99 heavy (non-hydrogen) atoms. The maximum absolute atomic E-state index is 16.9. The van der Waals surface area contributed by atoms with Crippen molar-refractivity contribution in [1.29, 1.82) is 0 Å². The summed E-state index contributed by atoms with van der Waals surface area (Å²) in [4.78, 5) is 38.0. The number of primary sulfonamides is 1. The Morgan fingerprint density at radius 2 is 1.67 bits per heavy atom. The molecule has 7 aliphatic rings. The summed E-state index contributed by atoms with van der Waals surface area (Å²) in [5.41, 5.74) is -3.45. The number of anilines is 1. The third-order valence-corrected chi connectivity index (χ3v) is 27.0. The molecule has 0 amide bonds. The van der Waals surface area contributed by atoms with Crippen molar-refractivity contribution in [2.24, 2.45) is 45.6 Å². The number of alkyl halides is 1. The van der Waals surface area contributed by atoms with E-state index in [9.17, 15) is 67.0 Å². The fourth-order valence-corrected chi connectivity index (χ4v) is 20.7. The number of unbranched alkanes of at least 4 members (excludes halogenated alkanes) is 1. The lowest BCUT2D eigenvalue weighted by Crippen LogP contribution is -2.69. The number of hydrogen-bond acceptors (Lipinski definition) is 24. The molecule has 0 bridgehead atoms. The van der Waals surface area contributed by atoms with Crippen LogP contribution in [-0.2, 0) is 50.1 Å². The fourth-order valence-electron chi connectivity index (χ4n) is 15.8. The number of nitrogens with zero attached hydrogens (tertiary/aromatic N) is 3. The Labute approximate surface area is 592 Å². The van der Waals surface area contributed by atoms with E-state index in [0.717, 1.165) is 61.2 Å². The van der Waals surface area contributed by atoms with Crippen LogP contribution in [0, 0.1) is 40.4 Å². The van der Waals surface area contributed by atoms with Gasteiger partial charge in [0.25, 0.3) is 5.88 Å². The van der Waals surface area contributed by atoms with Crippen LogP contribution in [-0.4, -0.2) is 190 Å². The Morgan fingerprint density at radius 1 is 0.980 bits per heavy atom. The van der Waals surface area contributed by atoms with Crippen LogP contribution in [0.5, 0.6) is 5.88 Å². The largest absolute Gasteiger partial charge is 0.472 e. The zero-order valence-electron chi connectivity index (χ0n) is 59.1. The molecule has 16 atom stereocenters. The highest BCUT2D eigenvalue weighted by Gasteiger charge is 2.75. The quantitative estimate of drug-likeness (QED) is 0.0241. The first-order chi connectivity index (χ1) is 46.5. The van der Waals surface area contributed by atoms with Gasteiger partial charge in [0.05, 0.1) is 60.7 Å². The second-order valence-electron chi connectivity index (χ2n) is 29.5. The molecule has 1 aromatic carbocycles. The number of sulfone groups is 1. The fraction of sp³-hybridized carbons (Fsp3) is 0.704. The maximum Gasteiger partial charge on any atom is 0.306 e. The number of carbonyl (C=O) groups is 3. The summed E-state index contributed by atoms with van der Waals surface area (Å²) in [7, 11) is -7.33. The average molecular weight is 1470 g/mol. The van der Waals surface area contributed by atoms with E-state index < -0.39 is 102 Å². The Bertz CT molecular complexity index is 3490. The maximum atomic E-state index is 16.9. The molecule has 2 aliphatic heterocycles. The minimum Gasteiger partial charge on any atom is -0.472 e. The number of β-amino-alcohol motifs (C(OH)–C–C–N with tert-alkyl or cyclic N) is 1. The van der Waals surface area contributed by atoms with E-state index in [0.29, 0.717) is 108 Å². The average Bonchev–Trinajstić information content (AvgIpc) is 1.59. The number of rotatable bonds is 24. The number of benzene rings is 1. The molecule has 0 spiro atoms. The van der Waals surface area contributed by atoms with Gasteiger partial charge in [-0.25, -0.2) is 26.4 Å². The number of halogens is 1. The van der Waals surface area contributed by atoms with E-state index >= 15 is 4.39 Å². The molecule has 11 N–H and O–H groups in total. The van der Waals surface area contributed by atoms with Crippen molar-refractivity contribution in [3.8, 4) is 5.88 Å². The first-order valence-corrected chi connectivity index (χ1v) is 39.6. The number of allylic oxidation sites excluding steroid dienone is 6. The molecule has 3 aromatic rings. The highest BCUT2D eigenvalue weighted by molar-refractivity contribution is 7.95. The van der Waals surface area contributed by atoms with Gasteiger partial charge in [-0.05, 0) is 186 Å². The van der Waals surface area contributed by atoms with Gasteiger partial charge in [0.15, 0.2) is 27.1 Å². The van der Waals surface area contributed by atoms with Crippen LogP contribution in [0.4, 0.5) is 10.2 Å². The summed E-state index contributed by atoms with van der Waals surface area (Å²) in [5.74, 6) is -1.02. The Hall–Kier alpha value is -4.50. The molecule has 556 valence electrons. The van der Waals surface area contributed by atoms with Gasteiger partial charge in [-0.1, -0.05) is 74.9 Å². The standard InChI is InChI=1S/C26H40O5.C22H29FO5.C13H24N4O3S.C10H16N2O4S3/c1-19(2)31-26(30)13-9-4-3-8-12-22-23(25(29)18-24(22)28)17-16-21(27)15-14-20-10-6-5-7-11-20;1-12-8-16-15-5-4-13-9-14(25)6-7-19(13,2)21(15,23)17(26)10-20(16,3)22(12,28)18(27)11-24;1-13(2,3)14-8-10(18)9-20-12-11(15-21-16-12)17-4-6-19-7-5-17;1-3-12-8-4-6(2)18(13,14)10-7(8)5-9(17-10)19(11,15)16/h3,5-8,10-11,19,21-25,27-29H,4,9,12-18H2,1-2H3;6-7,9,12,15-17,24,26,28H,4-5,8,10-11H2,1-3H3;10,14,18H,4-9H2,1-3H3;5-6,8,12H,3-4H2,1-2H3,(H2,11,15,16)/b8-3-;;;/t21-,22+,23+,24-,25+;12-,15+,16+,17+,19+,20+,21+,22+;10-;6-,8-/m0100/s1. The molecule has 1 saturated heterocycles. The number of aliphatic hydroxyl groups is 7. The van der Waals surface area contributed by atoms with E-state index in [1.807, 2.05) is 45.0 Å². The number of nitrogens with one attached hydrogen (secondary N) is 2. The van der Waals surface area contributed by atoms with E-state index in [1.165, 1.54) is 23.8 Å². The Balaban J connectivity index is 0.000000189. The second kappa shape index (κ2) is 34.9. The number of aromatic nitrogens is 2. The highest BCUT2D eigenvalue weighted by Crippen LogP contribution is 2.70. The molecule has 0 unspecified atom stereocenters. The topological polar surface area (TPSA) is 368 Å². The predicted molar refractivity (Wildman–Crippen MR) is 378 cm³/mol. The third kappa shape index (κ3) is 19.5. The first kappa shape index (κ1) is 81.8. The SMILES string of the molecule is CC(C)(C)NC[C@H](O)COc1nsnc1N1CCOCC1.CC(C)OC(=O)CCC/C=C\C[C@@H]1[C@@H](CC[C@@H](O)CCc2ccccc2)[C@H](O)C[C@@H]1O.CCN[C@H]1C[C@H](C)S(=O)(=O)c2sc(S(N)(=O)=O)cc21.C[C@@H]1C[C@H]2[C@@H]3CCC4=CC(=O)C=C[C@]4(C)[C@@]3(F)[C@@H](O)C[C@]2(C)[C@@]1(O)C(=O)CO. The number of Topliss-reactive ketones (excluding diaryl/α,β-unsaturated/α-hetero) is 1. The van der Waals surface area contributed by atoms with Gasteiger partial charge in [0.1, 0.15) is 33.3 Å². The molecule has 28 heteroatoms. The van der Waals surface area contributed by atoms with Crippen molar-refractivity contribution in [2.75, 3.05) is 57.5 Å². The van der Waals surface area contributed by atoms with Crippen molar-refractivity contribution >= 4 is 66.3 Å². The molecule has 0 radical (unpaired) electrons. The number of nitrogens with two attached hydrogens (primary N) is 1. The number of ketones is 2. The van der Waals surface area contributed by atoms with Gasteiger partial charge in [0, 0.05) is 59.9 Å². The number of sulfonamides is 1. The number of aliphatic hydroxyl groups excluding tert-OH is 6. The number of thiophene rings is 1. The van der Waals surface area contributed by atoms with Crippen molar-refractivity contribution in [3.05, 3.63) is 83.5 Å². The lowest BCUT2D eigenvalue weighted by atomic mass is 9.44. The van der Waals surface area contributed by atoms with Crippen molar-refractivity contribution in [3.63, 3.8) is 0 Å². The van der Waals surface area contributed by atoms with E-state index in [2.05, 4.69) is 63.3 Å². The van der Waals surface area contributed by atoms with Gasteiger partial charge >= 0.3 is 5.97 Å². The first-order valence-electron chi connectivity index (χ1n) is 34.9. The number of esters is 1. The monoisotopic (exact) mass is 1460 g/mol. The number of morpholine rings is 1. The number of aryl methyl sites for hydroxylation is 1. The Morgan fingerprint density at radius 3 is 2.31 bits per heavy atom. The summed E-state index contributed by atoms with van der Waals surface area (Å²) in [6, 6.07) is 11.4. The summed E-state index contributed by atoms with van der Waals surface area (Å²) < 4.78 is 88.6. The molecule has 4 saturated carbocycles. The van der Waals surface area contributed by atoms with Gasteiger partial charge in [0.2, 0.25) is 15.8 Å². The second-order valence-corrected chi connectivity index (χ2v) is 35.4.